The fourth-order valence-electron chi connectivity index (χ4n) is 9.30. The Kier molecular flexibility index (Phi) is 15.3. The Hall–Kier alpha value is -2.89. The quantitative estimate of drug-likeness (QED) is 0.218. The molecular weight excluding hydrogens is 748 g/mol. The molecule has 0 aromatic carbocycles. The van der Waals surface area contributed by atoms with E-state index in [-0.39, 0.29) is 31.1 Å². The average Bonchev–Trinajstić information content (AvgIpc) is 3.46. The van der Waals surface area contributed by atoms with E-state index in [1.165, 1.54) is 28.1 Å². The minimum atomic E-state index is -1.49. The summed E-state index contributed by atoms with van der Waals surface area (Å²) >= 11 is 0. The van der Waals surface area contributed by atoms with E-state index >= 15 is 0 Å². The molecule has 4 rings (SSSR count). The van der Waals surface area contributed by atoms with Gasteiger partial charge in [0.05, 0.1) is 41.9 Å². The molecule has 4 aliphatic heterocycles. The van der Waals surface area contributed by atoms with Crippen molar-refractivity contribution in [2.45, 2.75) is 193 Å². The summed E-state index contributed by atoms with van der Waals surface area (Å²) in [5.74, 6) is -5.20. The summed E-state index contributed by atoms with van der Waals surface area (Å²) in [6.45, 7) is 20.2. The van der Waals surface area contributed by atoms with Gasteiger partial charge in [-0.15, -0.1) is 0 Å². The van der Waals surface area contributed by atoms with E-state index in [4.69, 9.17) is 52.1 Å². The van der Waals surface area contributed by atoms with E-state index in [2.05, 4.69) is 0 Å². The molecule has 0 aromatic rings. The average molecular weight is 815 g/mol. The van der Waals surface area contributed by atoms with E-state index < -0.39 is 120 Å². The van der Waals surface area contributed by atoms with Gasteiger partial charge in [-0.05, 0) is 67.2 Å². The second-order valence-electron chi connectivity index (χ2n) is 17.1. The first-order valence-electron chi connectivity index (χ1n) is 20.2. The highest BCUT2D eigenvalue weighted by atomic mass is 16.8. The summed E-state index contributed by atoms with van der Waals surface area (Å²) in [5, 5.41) is 0. The summed E-state index contributed by atoms with van der Waals surface area (Å²) < 4.78 is 67.6. The predicted octanol–water partition coefficient (Wildman–Crippen LogP) is 5.22. The molecule has 4 fully saturated rings. The Morgan fingerprint density at radius 3 is 1.96 bits per heavy atom. The van der Waals surface area contributed by atoms with Gasteiger partial charge in [0.1, 0.15) is 17.5 Å². The fraction of sp³-hybridized carbons (Fsp3) is 0.878. The van der Waals surface area contributed by atoms with Gasteiger partial charge in [0.2, 0.25) is 0 Å². The van der Waals surface area contributed by atoms with Gasteiger partial charge in [0, 0.05) is 46.3 Å². The summed E-state index contributed by atoms with van der Waals surface area (Å²) in [6.07, 6.45) is -7.98. The van der Waals surface area contributed by atoms with Gasteiger partial charge >= 0.3 is 24.1 Å². The molecule has 0 spiro atoms. The largest absolute Gasteiger partial charge is 0.509 e. The number of ketones is 1. The highest BCUT2D eigenvalue weighted by Gasteiger charge is 2.59. The van der Waals surface area contributed by atoms with Gasteiger partial charge in [-0.2, -0.15) is 0 Å². The molecule has 0 aromatic heterocycles. The Labute approximate surface area is 336 Å². The minimum absolute atomic E-state index is 0.107. The smallest absolute Gasteiger partial charge is 0.458 e. The van der Waals surface area contributed by atoms with Crippen LogP contribution >= 0.6 is 0 Å². The van der Waals surface area contributed by atoms with Crippen LogP contribution in [-0.4, -0.2) is 122 Å². The van der Waals surface area contributed by atoms with Gasteiger partial charge in [0.15, 0.2) is 36.5 Å². The zero-order valence-electron chi connectivity index (χ0n) is 36.2. The number of hydrogen-bond donors (Lipinski definition) is 0. The molecule has 2 unspecified atom stereocenters. The van der Waals surface area contributed by atoms with Crippen molar-refractivity contribution in [3.05, 3.63) is 0 Å². The topological polar surface area (TPSA) is 187 Å². The first-order chi connectivity index (χ1) is 26.5. The van der Waals surface area contributed by atoms with Crippen LogP contribution in [-0.2, 0) is 71.3 Å². The molecule has 0 N–H and O–H groups in total. The summed E-state index contributed by atoms with van der Waals surface area (Å²) in [4.78, 5) is 65.9. The molecule has 0 radical (unpaired) electrons. The van der Waals surface area contributed by atoms with Gasteiger partial charge in [-0.25, -0.2) is 4.79 Å². The van der Waals surface area contributed by atoms with Crippen molar-refractivity contribution in [3.8, 4) is 0 Å². The van der Waals surface area contributed by atoms with Crippen molar-refractivity contribution in [2.75, 3.05) is 14.2 Å². The molecule has 4 heterocycles. The lowest BCUT2D eigenvalue weighted by atomic mass is 9.74. The van der Waals surface area contributed by atoms with Crippen LogP contribution in [0.15, 0.2) is 0 Å². The number of rotatable bonds is 9. The Bertz CT molecular complexity index is 1460. The third-order valence-corrected chi connectivity index (χ3v) is 12.5. The maximum Gasteiger partial charge on any atom is 0.509 e. The summed E-state index contributed by atoms with van der Waals surface area (Å²) in [6, 6.07) is 0. The maximum atomic E-state index is 14.5. The van der Waals surface area contributed by atoms with Crippen LogP contribution in [0.4, 0.5) is 4.79 Å². The molecule has 17 atom stereocenters. The molecule has 0 amide bonds. The predicted molar refractivity (Wildman–Crippen MR) is 200 cm³/mol. The van der Waals surface area contributed by atoms with E-state index in [0.717, 1.165) is 0 Å². The Morgan fingerprint density at radius 1 is 0.772 bits per heavy atom. The van der Waals surface area contributed by atoms with Crippen LogP contribution < -0.4 is 0 Å². The Balaban J connectivity index is 1.87. The monoisotopic (exact) mass is 814 g/mol. The first kappa shape index (κ1) is 46.8. The SMILES string of the molecule is CC[C@H]1OC(=O)[C@H](C)[C@@H](O[C@H]2C[C@@](C)(OC)[C@@H](OC(C)=O)[C@H](C)O2)[C@H](C)[C@@H](OC2O[C@H](C)CC[C@H]2OC(C)=O)[C@](C)(OC)C[C@@H](C)C(=O)[C@H](C)C2OC(=O)O[C@@]21C. The number of carbonyl (C=O) groups is 5. The second kappa shape index (κ2) is 18.6. The van der Waals surface area contributed by atoms with Crippen molar-refractivity contribution in [2.24, 2.45) is 23.7 Å². The summed E-state index contributed by atoms with van der Waals surface area (Å²) in [5.41, 5.74) is -3.81. The van der Waals surface area contributed by atoms with Crippen LogP contribution in [0.3, 0.4) is 0 Å². The molecule has 16 nitrogen and oxygen atoms in total. The molecule has 0 aliphatic carbocycles. The zero-order valence-corrected chi connectivity index (χ0v) is 36.2. The van der Waals surface area contributed by atoms with Crippen molar-refractivity contribution in [1.29, 1.82) is 0 Å². The molecular formula is C41H66O16. The van der Waals surface area contributed by atoms with Gasteiger partial charge in [-0.1, -0.05) is 27.7 Å². The number of ether oxygens (including phenoxy) is 11. The number of Topliss-reactive ketones (excluding diaryl/α,β-unsaturated/α-hetero) is 1. The number of fused-ring (bicyclic) bond motifs is 1. The molecule has 0 bridgehead atoms. The normalized spacial score (nSPS) is 44.8. The van der Waals surface area contributed by atoms with E-state index in [1.54, 1.807) is 48.5 Å². The molecule has 57 heavy (non-hydrogen) atoms. The van der Waals surface area contributed by atoms with E-state index in [0.29, 0.717) is 12.8 Å². The number of hydrogen-bond acceptors (Lipinski definition) is 16. The van der Waals surface area contributed by atoms with Crippen LogP contribution in [0, 0.1) is 23.7 Å². The van der Waals surface area contributed by atoms with E-state index in [1.807, 2.05) is 20.8 Å². The van der Waals surface area contributed by atoms with Gasteiger partial charge < -0.3 is 52.1 Å². The van der Waals surface area contributed by atoms with Gasteiger partial charge in [0.25, 0.3) is 0 Å². The summed E-state index contributed by atoms with van der Waals surface area (Å²) in [7, 11) is 3.02. The van der Waals surface area contributed by atoms with Crippen molar-refractivity contribution < 1.29 is 76.1 Å². The Morgan fingerprint density at radius 2 is 1.39 bits per heavy atom. The third kappa shape index (κ3) is 10.1. The number of carbonyl (C=O) groups excluding carboxylic acids is 5. The van der Waals surface area contributed by atoms with Crippen molar-refractivity contribution in [3.63, 3.8) is 0 Å². The molecule has 4 aliphatic rings. The first-order valence-corrected chi connectivity index (χ1v) is 20.2. The third-order valence-electron chi connectivity index (χ3n) is 12.5. The lowest BCUT2D eigenvalue weighted by Crippen LogP contribution is -2.60. The standard InChI is InChI=1S/C41H66O16/c1-15-29-41(12)34(56-38(46)57-41)22(4)31(44)20(2)18-39(10,47-13)33(55-37-28(51-26(8)42)17-16-21(3)49-37)23(5)32(24(6)36(45)53-29)54-30-19-40(11,48-14)35(25(7)50-30)52-27(9)43/h20-25,28-30,32-35,37H,15-19H2,1-14H3/t20-,21-,22+,23+,24-,25+,28-,29-,30+,32+,33-,34?,35+,37?,39-,40-,41-/m1/s1. The van der Waals surface area contributed by atoms with Crippen LogP contribution in [0.2, 0.25) is 0 Å². The highest BCUT2D eigenvalue weighted by molar-refractivity contribution is 5.84. The highest BCUT2D eigenvalue weighted by Crippen LogP contribution is 2.44. The molecule has 16 heteroatoms. The fourth-order valence-corrected chi connectivity index (χ4v) is 9.30. The van der Waals surface area contributed by atoms with Crippen molar-refractivity contribution in [1.82, 2.24) is 0 Å². The van der Waals surface area contributed by atoms with Crippen molar-refractivity contribution >= 4 is 29.8 Å². The zero-order chi connectivity index (χ0) is 42.8. The number of methoxy groups -OCH3 is 2. The van der Waals surface area contributed by atoms with Crippen LogP contribution in [0.5, 0.6) is 0 Å². The minimum Gasteiger partial charge on any atom is -0.458 e. The second-order valence-corrected chi connectivity index (χ2v) is 17.1. The van der Waals surface area contributed by atoms with Crippen LogP contribution in [0.25, 0.3) is 0 Å². The van der Waals surface area contributed by atoms with Crippen LogP contribution in [0.1, 0.15) is 115 Å². The number of cyclic esters (lactones) is 1. The lowest BCUT2D eigenvalue weighted by molar-refractivity contribution is -0.317. The molecule has 4 saturated heterocycles. The molecule has 0 saturated carbocycles. The number of esters is 3. The molecule has 326 valence electrons. The van der Waals surface area contributed by atoms with E-state index in [9.17, 15) is 24.0 Å². The lowest BCUT2D eigenvalue weighted by Gasteiger charge is -2.49. The maximum absolute atomic E-state index is 14.5. The van der Waals surface area contributed by atoms with Gasteiger partial charge in [-0.3, -0.25) is 19.2 Å².